The van der Waals surface area contributed by atoms with E-state index >= 15 is 0 Å². The van der Waals surface area contributed by atoms with Crippen LogP contribution in [0.25, 0.3) is 5.65 Å². The molecule has 3 nitrogen and oxygen atoms in total. The summed E-state index contributed by atoms with van der Waals surface area (Å²) in [6.07, 6.45) is 4.54. The molecule has 0 aromatic carbocycles. The number of nitrogens with zero attached hydrogens (tertiary/aromatic N) is 3. The van der Waals surface area contributed by atoms with Crippen LogP contribution in [0, 0.1) is 6.33 Å². The van der Waals surface area contributed by atoms with E-state index in [2.05, 4.69) is 32.5 Å². The van der Waals surface area contributed by atoms with Crippen LogP contribution in [0.5, 0.6) is 0 Å². The Morgan fingerprint density at radius 1 is 1.45 bits per heavy atom. The molecule has 53 valence electrons. The molecule has 0 fully saturated rings. The van der Waals surface area contributed by atoms with Gasteiger partial charge in [0.15, 0.2) is 0 Å². The maximum atomic E-state index is 3.80. The fourth-order valence-electron chi connectivity index (χ4n) is 0.750. The maximum Gasteiger partial charge on any atom is 0.0484 e. The van der Waals surface area contributed by atoms with E-state index in [4.69, 9.17) is 0 Å². The molecule has 0 saturated carbocycles. The SMILES string of the molecule is Brc1ccc2nn[c-]n2c1.[Y]. The van der Waals surface area contributed by atoms with Crippen molar-refractivity contribution >= 4 is 21.6 Å². The van der Waals surface area contributed by atoms with E-state index in [1.165, 1.54) is 0 Å². The van der Waals surface area contributed by atoms with Gasteiger partial charge in [-0.05, 0) is 4.47 Å². The fourth-order valence-corrected chi connectivity index (χ4v) is 1.09. The summed E-state index contributed by atoms with van der Waals surface area (Å²) < 4.78 is 2.72. The summed E-state index contributed by atoms with van der Waals surface area (Å²) in [7, 11) is 0. The van der Waals surface area contributed by atoms with E-state index in [-0.39, 0.29) is 32.7 Å². The summed E-state index contributed by atoms with van der Waals surface area (Å²) >= 11 is 3.32. The molecule has 2 rings (SSSR count). The molecule has 0 spiro atoms. The number of halogens is 1. The Balaban J connectivity index is 0.000000605. The van der Waals surface area contributed by atoms with Crippen molar-refractivity contribution < 1.29 is 32.7 Å². The van der Waals surface area contributed by atoms with Gasteiger partial charge in [0.05, 0.1) is 0 Å². The first-order valence-electron chi connectivity index (χ1n) is 2.74. The van der Waals surface area contributed by atoms with Gasteiger partial charge in [0.25, 0.3) is 0 Å². The standard InChI is InChI=1S/C6H3BrN3.Y/c7-5-1-2-6-9-8-4-10(6)3-5;/h1-3H;/q-1;. The average Bonchev–Trinajstić information content (AvgIpc) is 2.33. The number of rotatable bonds is 0. The molecule has 1 radical (unpaired) electrons. The first kappa shape index (κ1) is 9.29. The van der Waals surface area contributed by atoms with Crippen LogP contribution in [0.15, 0.2) is 22.8 Å². The molecule has 11 heavy (non-hydrogen) atoms. The Labute approximate surface area is 97.2 Å². The number of hydrogen-bond acceptors (Lipinski definition) is 2. The molecule has 0 unspecified atom stereocenters. The molecule has 2 aromatic heterocycles. The maximum absolute atomic E-state index is 3.80. The third-order valence-electron chi connectivity index (χ3n) is 1.20. The van der Waals surface area contributed by atoms with Gasteiger partial charge in [-0.15, -0.1) is 0 Å². The zero-order valence-corrected chi connectivity index (χ0v) is 9.95. The minimum atomic E-state index is 0. The molecular weight excluding hydrogens is 283 g/mol. The van der Waals surface area contributed by atoms with Gasteiger partial charge in [-0.2, -0.15) is 0 Å². The first-order chi connectivity index (χ1) is 4.86. The Kier molecular flexibility index (Phi) is 3.16. The minimum Gasteiger partial charge on any atom is -0.449 e. The molecule has 5 heteroatoms. The van der Waals surface area contributed by atoms with E-state index in [9.17, 15) is 0 Å². The predicted molar refractivity (Wildman–Crippen MR) is 39.5 cm³/mol. The summed E-state index contributed by atoms with van der Waals surface area (Å²) in [5, 5.41) is 7.41. The number of aromatic nitrogens is 3. The molecule has 2 aromatic rings. The Hall–Kier alpha value is 0.204. The monoisotopic (exact) mass is 285 g/mol. The Bertz CT molecular complexity index is 359. The van der Waals surface area contributed by atoms with Crippen molar-refractivity contribution in [2.75, 3.05) is 0 Å². The van der Waals surface area contributed by atoms with Crippen LogP contribution in [0.4, 0.5) is 0 Å². The quantitative estimate of drug-likeness (QED) is 0.683. The van der Waals surface area contributed by atoms with Crippen LogP contribution in [0.2, 0.25) is 0 Å². The van der Waals surface area contributed by atoms with Gasteiger partial charge < -0.3 is 4.40 Å². The second kappa shape index (κ2) is 3.74. The summed E-state index contributed by atoms with van der Waals surface area (Å²) in [5.41, 5.74) is 0.809. The van der Waals surface area contributed by atoms with E-state index in [1.807, 2.05) is 18.3 Å². The third kappa shape index (κ3) is 1.86. The van der Waals surface area contributed by atoms with Crippen molar-refractivity contribution in [1.29, 1.82) is 0 Å². The molecule has 0 N–H and O–H groups in total. The van der Waals surface area contributed by atoms with E-state index < -0.39 is 0 Å². The van der Waals surface area contributed by atoms with Crippen molar-refractivity contribution in [3.63, 3.8) is 0 Å². The average molecular weight is 286 g/mol. The summed E-state index contributed by atoms with van der Waals surface area (Å²) in [4.78, 5) is 0. The van der Waals surface area contributed by atoms with Gasteiger partial charge in [-0.3, -0.25) is 0 Å². The van der Waals surface area contributed by atoms with Crippen molar-refractivity contribution in [3.8, 4) is 0 Å². The zero-order chi connectivity index (χ0) is 6.97. The van der Waals surface area contributed by atoms with E-state index in [0.717, 1.165) is 10.1 Å². The molecule has 0 aliphatic rings. The molecule has 0 aliphatic heterocycles. The van der Waals surface area contributed by atoms with Gasteiger partial charge in [-0.1, -0.05) is 34.3 Å². The Morgan fingerprint density at radius 2 is 2.27 bits per heavy atom. The van der Waals surface area contributed by atoms with Crippen molar-refractivity contribution in [1.82, 2.24) is 14.6 Å². The van der Waals surface area contributed by atoms with Crippen molar-refractivity contribution in [3.05, 3.63) is 29.1 Å². The van der Waals surface area contributed by atoms with Gasteiger partial charge in [0.1, 0.15) is 0 Å². The molecule has 0 bridgehead atoms. The predicted octanol–water partition coefficient (Wildman–Crippen LogP) is 1.29. The normalized spacial score (nSPS) is 9.55. The van der Waals surface area contributed by atoms with Crippen LogP contribution >= 0.6 is 15.9 Å². The smallest absolute Gasteiger partial charge is 0.0484 e. The summed E-state index contributed by atoms with van der Waals surface area (Å²) in [6, 6.07) is 3.78. The fraction of sp³-hybridized carbons (Fsp3) is 0. The second-order valence-electron chi connectivity index (χ2n) is 1.88. The van der Waals surface area contributed by atoms with E-state index in [0.29, 0.717) is 0 Å². The molecule has 0 aliphatic carbocycles. The van der Waals surface area contributed by atoms with Gasteiger partial charge >= 0.3 is 0 Å². The molecular formula is C6H3BrN3Y-. The van der Waals surface area contributed by atoms with Crippen molar-refractivity contribution in [2.45, 2.75) is 0 Å². The molecule has 0 amide bonds. The number of hydrogen-bond donors (Lipinski definition) is 0. The topological polar surface area (TPSA) is 30.2 Å². The van der Waals surface area contributed by atoms with Gasteiger partial charge in [-0.25, -0.2) is 10.2 Å². The van der Waals surface area contributed by atoms with Gasteiger partial charge in [0, 0.05) is 44.7 Å². The van der Waals surface area contributed by atoms with Crippen LogP contribution in [0.1, 0.15) is 0 Å². The van der Waals surface area contributed by atoms with Crippen LogP contribution < -0.4 is 0 Å². The van der Waals surface area contributed by atoms with Crippen LogP contribution in [0.3, 0.4) is 0 Å². The van der Waals surface area contributed by atoms with Crippen LogP contribution in [-0.4, -0.2) is 14.6 Å². The summed E-state index contributed by atoms with van der Waals surface area (Å²) in [5.74, 6) is 0. The molecule has 2 heterocycles. The summed E-state index contributed by atoms with van der Waals surface area (Å²) in [6.45, 7) is 0. The molecule has 0 saturated heterocycles. The zero-order valence-electron chi connectivity index (χ0n) is 5.53. The van der Waals surface area contributed by atoms with Crippen LogP contribution in [-0.2, 0) is 32.7 Å². The van der Waals surface area contributed by atoms with Gasteiger partial charge in [0.2, 0.25) is 0 Å². The molecule has 0 atom stereocenters. The largest absolute Gasteiger partial charge is 0.449 e. The Morgan fingerprint density at radius 3 is 3.09 bits per heavy atom. The third-order valence-corrected chi connectivity index (χ3v) is 1.66. The van der Waals surface area contributed by atoms with Crippen molar-refractivity contribution in [2.24, 2.45) is 0 Å². The minimum absolute atomic E-state index is 0. The number of pyridine rings is 1. The second-order valence-corrected chi connectivity index (χ2v) is 2.79. The van der Waals surface area contributed by atoms with E-state index in [1.54, 1.807) is 4.40 Å². The first-order valence-corrected chi connectivity index (χ1v) is 3.53. The number of fused-ring (bicyclic) bond motifs is 1.